The third-order valence-corrected chi connectivity index (χ3v) is 3.29. The largest absolute Gasteiger partial charge is 0.493 e. The molecule has 0 spiro atoms. The minimum absolute atomic E-state index is 0.0935. The fraction of sp³-hybridized carbons (Fsp3) is 0.562. The summed E-state index contributed by atoms with van der Waals surface area (Å²) in [5, 5.41) is 0. The molecule has 0 aliphatic heterocycles. The molecule has 100 valence electrons. The number of Topliss-reactive ketones (excluding diaryl/α,β-unsaturated/α-hetero) is 1. The van der Waals surface area contributed by atoms with Gasteiger partial charge in [-0.2, -0.15) is 0 Å². The van der Waals surface area contributed by atoms with Crippen LogP contribution in [0.1, 0.15) is 56.8 Å². The Labute approximate surface area is 110 Å². The highest BCUT2D eigenvalue weighted by molar-refractivity contribution is 5.94. The van der Waals surface area contributed by atoms with E-state index in [2.05, 4.69) is 13.8 Å². The van der Waals surface area contributed by atoms with Gasteiger partial charge in [-0.15, -0.1) is 0 Å². The van der Waals surface area contributed by atoms with Crippen LogP contribution in [-0.2, 0) is 0 Å². The number of ketones is 1. The maximum Gasteiger partial charge on any atom is 0.159 e. The molecule has 0 fully saturated rings. The topological polar surface area (TPSA) is 26.3 Å². The van der Waals surface area contributed by atoms with Crippen molar-refractivity contribution >= 4 is 5.78 Å². The molecule has 0 bridgehead atoms. The lowest BCUT2D eigenvalue weighted by Gasteiger charge is -2.15. The third kappa shape index (κ3) is 4.91. The van der Waals surface area contributed by atoms with E-state index in [9.17, 15) is 4.79 Å². The quantitative estimate of drug-likeness (QED) is 0.634. The van der Waals surface area contributed by atoms with Gasteiger partial charge in [-0.1, -0.05) is 33.1 Å². The van der Waals surface area contributed by atoms with Crippen molar-refractivity contribution < 1.29 is 9.53 Å². The highest BCUT2D eigenvalue weighted by Crippen LogP contribution is 2.17. The Morgan fingerprint density at radius 2 is 1.89 bits per heavy atom. The molecule has 18 heavy (non-hydrogen) atoms. The Morgan fingerprint density at radius 1 is 1.22 bits per heavy atom. The monoisotopic (exact) mass is 248 g/mol. The first-order valence-corrected chi connectivity index (χ1v) is 6.91. The Hall–Kier alpha value is -1.31. The predicted molar refractivity (Wildman–Crippen MR) is 75.2 cm³/mol. The van der Waals surface area contributed by atoms with Crippen LogP contribution in [0.4, 0.5) is 0 Å². The smallest absolute Gasteiger partial charge is 0.159 e. The number of benzene rings is 1. The molecule has 2 heteroatoms. The first kappa shape index (κ1) is 14.7. The van der Waals surface area contributed by atoms with Crippen LogP contribution >= 0.6 is 0 Å². The van der Waals surface area contributed by atoms with Crippen LogP contribution < -0.4 is 4.74 Å². The van der Waals surface area contributed by atoms with Gasteiger partial charge in [0.1, 0.15) is 5.75 Å². The number of carbonyl (C=O) groups excluding carboxylic acids is 1. The zero-order chi connectivity index (χ0) is 13.4. The Kier molecular flexibility index (Phi) is 6.48. The Balaban J connectivity index is 2.44. The second kappa shape index (κ2) is 7.91. The second-order valence-electron chi connectivity index (χ2n) is 4.81. The van der Waals surface area contributed by atoms with E-state index in [0.29, 0.717) is 5.92 Å². The van der Waals surface area contributed by atoms with Gasteiger partial charge < -0.3 is 4.74 Å². The fourth-order valence-electron chi connectivity index (χ4n) is 1.90. The Morgan fingerprint density at radius 3 is 2.39 bits per heavy atom. The molecular formula is C16H24O2. The molecule has 0 aliphatic rings. The highest BCUT2D eigenvalue weighted by Gasteiger charge is 2.07. The third-order valence-electron chi connectivity index (χ3n) is 3.29. The molecule has 0 saturated carbocycles. The van der Waals surface area contributed by atoms with Crippen molar-refractivity contribution in [3.05, 3.63) is 29.8 Å². The molecule has 1 aromatic carbocycles. The second-order valence-corrected chi connectivity index (χ2v) is 4.81. The number of rotatable bonds is 8. The van der Waals surface area contributed by atoms with Gasteiger partial charge in [-0.3, -0.25) is 4.79 Å². The molecular weight excluding hydrogens is 224 g/mol. The molecule has 0 amide bonds. The van der Waals surface area contributed by atoms with Gasteiger partial charge in [-0.25, -0.2) is 0 Å². The van der Waals surface area contributed by atoms with Crippen LogP contribution in [0.15, 0.2) is 24.3 Å². The van der Waals surface area contributed by atoms with Gasteiger partial charge in [0.2, 0.25) is 0 Å². The fourth-order valence-corrected chi connectivity index (χ4v) is 1.90. The summed E-state index contributed by atoms with van der Waals surface area (Å²) in [6.07, 6.45) is 4.90. The van der Waals surface area contributed by atoms with Crippen molar-refractivity contribution in [2.45, 2.75) is 46.5 Å². The van der Waals surface area contributed by atoms with Crippen LogP contribution in [0, 0.1) is 5.92 Å². The lowest BCUT2D eigenvalue weighted by Crippen LogP contribution is -2.11. The number of unbranched alkanes of at least 4 members (excludes halogenated alkanes) is 1. The SMILES string of the molecule is CCCC[C@@H](CC)COc1ccc(C(C)=O)cc1. The predicted octanol–water partition coefficient (Wildman–Crippen LogP) is 4.48. The van der Waals surface area contributed by atoms with E-state index in [1.807, 2.05) is 24.3 Å². The zero-order valence-electron chi connectivity index (χ0n) is 11.7. The normalized spacial score (nSPS) is 12.2. The molecule has 0 N–H and O–H groups in total. The molecule has 1 aromatic rings. The molecule has 2 nitrogen and oxygen atoms in total. The number of hydrogen-bond donors (Lipinski definition) is 0. The average molecular weight is 248 g/mol. The minimum Gasteiger partial charge on any atom is -0.493 e. The van der Waals surface area contributed by atoms with Crippen molar-refractivity contribution in [2.75, 3.05) is 6.61 Å². The number of ether oxygens (including phenoxy) is 1. The summed E-state index contributed by atoms with van der Waals surface area (Å²) in [5.41, 5.74) is 0.736. The first-order valence-electron chi connectivity index (χ1n) is 6.91. The molecule has 0 saturated heterocycles. The van der Waals surface area contributed by atoms with E-state index in [-0.39, 0.29) is 5.78 Å². The summed E-state index contributed by atoms with van der Waals surface area (Å²) >= 11 is 0. The van der Waals surface area contributed by atoms with Crippen LogP contribution in [0.3, 0.4) is 0 Å². The van der Waals surface area contributed by atoms with Crippen molar-refractivity contribution in [1.29, 1.82) is 0 Å². The molecule has 0 aliphatic carbocycles. The maximum atomic E-state index is 11.1. The van der Waals surface area contributed by atoms with Gasteiger partial charge >= 0.3 is 0 Å². The summed E-state index contributed by atoms with van der Waals surface area (Å²) in [5.74, 6) is 1.59. The van der Waals surface area contributed by atoms with Crippen LogP contribution in [0.2, 0.25) is 0 Å². The van der Waals surface area contributed by atoms with E-state index in [1.165, 1.54) is 19.3 Å². The van der Waals surface area contributed by atoms with E-state index < -0.39 is 0 Å². The van der Waals surface area contributed by atoms with E-state index in [0.717, 1.165) is 24.3 Å². The lowest BCUT2D eigenvalue weighted by molar-refractivity contribution is 0.101. The van der Waals surface area contributed by atoms with Gasteiger partial charge in [0.05, 0.1) is 6.61 Å². The molecule has 0 heterocycles. The van der Waals surface area contributed by atoms with Crippen molar-refractivity contribution in [3.63, 3.8) is 0 Å². The van der Waals surface area contributed by atoms with Gasteiger partial charge in [0.25, 0.3) is 0 Å². The van der Waals surface area contributed by atoms with E-state index >= 15 is 0 Å². The summed E-state index contributed by atoms with van der Waals surface area (Å²) in [7, 11) is 0. The molecule has 0 aromatic heterocycles. The highest BCUT2D eigenvalue weighted by atomic mass is 16.5. The van der Waals surface area contributed by atoms with Gasteiger partial charge in [0, 0.05) is 5.56 Å². The molecule has 1 atom stereocenters. The lowest BCUT2D eigenvalue weighted by atomic mass is 10.0. The molecule has 0 unspecified atom stereocenters. The van der Waals surface area contributed by atoms with Crippen molar-refractivity contribution in [1.82, 2.24) is 0 Å². The van der Waals surface area contributed by atoms with Crippen LogP contribution in [-0.4, -0.2) is 12.4 Å². The molecule has 0 radical (unpaired) electrons. The van der Waals surface area contributed by atoms with Gasteiger partial charge in [-0.05, 0) is 43.5 Å². The summed E-state index contributed by atoms with van der Waals surface area (Å²) in [6.45, 7) is 6.78. The number of hydrogen-bond acceptors (Lipinski definition) is 2. The summed E-state index contributed by atoms with van der Waals surface area (Å²) < 4.78 is 5.78. The van der Waals surface area contributed by atoms with E-state index in [4.69, 9.17) is 4.74 Å². The number of carbonyl (C=O) groups is 1. The maximum absolute atomic E-state index is 11.1. The zero-order valence-corrected chi connectivity index (χ0v) is 11.7. The average Bonchev–Trinajstić information content (AvgIpc) is 2.39. The van der Waals surface area contributed by atoms with E-state index in [1.54, 1.807) is 6.92 Å². The summed E-state index contributed by atoms with van der Waals surface area (Å²) in [6, 6.07) is 7.40. The van der Waals surface area contributed by atoms with Crippen molar-refractivity contribution in [3.8, 4) is 5.75 Å². The summed E-state index contributed by atoms with van der Waals surface area (Å²) in [4.78, 5) is 11.1. The van der Waals surface area contributed by atoms with Gasteiger partial charge in [0.15, 0.2) is 5.78 Å². The standard InChI is InChI=1S/C16H24O2/c1-4-6-7-14(5-2)12-18-16-10-8-15(9-11-16)13(3)17/h8-11,14H,4-7,12H2,1-3H3/t14-/m1/s1. The van der Waals surface area contributed by atoms with Crippen LogP contribution in [0.5, 0.6) is 5.75 Å². The first-order chi connectivity index (χ1) is 8.67. The van der Waals surface area contributed by atoms with Crippen LogP contribution in [0.25, 0.3) is 0 Å². The Bertz CT molecular complexity index is 354. The van der Waals surface area contributed by atoms with Crippen molar-refractivity contribution in [2.24, 2.45) is 5.92 Å². The minimum atomic E-state index is 0.0935. The molecule has 1 rings (SSSR count).